The van der Waals surface area contributed by atoms with Gasteiger partial charge in [0.15, 0.2) is 6.10 Å². The van der Waals surface area contributed by atoms with E-state index in [1.54, 1.807) is 23.3 Å². The molecule has 5 rings (SSSR count). The van der Waals surface area contributed by atoms with Gasteiger partial charge in [-0.2, -0.15) is 0 Å². The number of carbonyl (C=O) groups excluding carboxylic acids is 2. The second-order valence-corrected chi connectivity index (χ2v) is 8.47. The molecule has 0 saturated carbocycles. The lowest BCUT2D eigenvalue weighted by atomic mass is 9.90. The molecule has 0 bridgehead atoms. The predicted octanol–water partition coefficient (Wildman–Crippen LogP) is 5.35. The number of imide groups is 1. The third kappa shape index (κ3) is 3.21. The predicted molar refractivity (Wildman–Crippen MR) is 120 cm³/mol. The van der Waals surface area contributed by atoms with Gasteiger partial charge < -0.3 is 0 Å². The minimum Gasteiger partial charge on any atom is -0.273 e. The van der Waals surface area contributed by atoms with Crippen molar-refractivity contribution < 1.29 is 14.4 Å². The van der Waals surface area contributed by atoms with Gasteiger partial charge in [-0.1, -0.05) is 77.3 Å². The zero-order valence-corrected chi connectivity index (χ0v) is 18.0. The summed E-state index contributed by atoms with van der Waals surface area (Å²) >= 11 is 12.6. The van der Waals surface area contributed by atoms with E-state index in [0.29, 0.717) is 0 Å². The number of aryl methyl sites for hydroxylation is 1. The molecule has 2 saturated heterocycles. The lowest BCUT2D eigenvalue weighted by molar-refractivity contribution is -0.126. The highest BCUT2D eigenvalue weighted by atomic mass is 35.5. The van der Waals surface area contributed by atoms with Crippen LogP contribution in [0.2, 0.25) is 10.0 Å². The van der Waals surface area contributed by atoms with Crippen LogP contribution < -0.4 is 9.96 Å². The van der Waals surface area contributed by atoms with Gasteiger partial charge in [0.1, 0.15) is 5.92 Å². The third-order valence-electron chi connectivity index (χ3n) is 5.71. The maximum Gasteiger partial charge on any atom is 0.266 e. The topological polar surface area (TPSA) is 49.9 Å². The molecule has 7 heteroatoms. The van der Waals surface area contributed by atoms with Crippen LogP contribution in [0.15, 0.2) is 72.8 Å². The second kappa shape index (κ2) is 7.68. The fraction of sp³-hybridized carbons (Fsp3) is 0.167. The molecule has 0 N–H and O–H groups in total. The Balaban J connectivity index is 1.61. The molecule has 0 aromatic heterocycles. The smallest absolute Gasteiger partial charge is 0.266 e. The van der Waals surface area contributed by atoms with E-state index in [1.165, 1.54) is 0 Å². The molecule has 3 aromatic carbocycles. The molecule has 31 heavy (non-hydrogen) atoms. The van der Waals surface area contributed by atoms with Gasteiger partial charge >= 0.3 is 0 Å². The van der Waals surface area contributed by atoms with Crippen LogP contribution in [-0.2, 0) is 14.4 Å². The molecule has 0 spiro atoms. The summed E-state index contributed by atoms with van der Waals surface area (Å²) in [6.45, 7) is 2.00. The van der Waals surface area contributed by atoms with E-state index in [0.717, 1.165) is 21.7 Å². The van der Waals surface area contributed by atoms with Crippen LogP contribution in [0.1, 0.15) is 17.2 Å². The first-order valence-corrected chi connectivity index (χ1v) is 10.6. The Morgan fingerprint density at radius 1 is 0.806 bits per heavy atom. The van der Waals surface area contributed by atoms with Gasteiger partial charge in [0.2, 0.25) is 5.91 Å². The molecule has 3 aromatic rings. The molecule has 2 aliphatic rings. The van der Waals surface area contributed by atoms with Gasteiger partial charge in [0.05, 0.1) is 27.5 Å². The highest BCUT2D eigenvalue weighted by molar-refractivity contribution is 6.42. The summed E-state index contributed by atoms with van der Waals surface area (Å²) < 4.78 is 0. The van der Waals surface area contributed by atoms with Gasteiger partial charge in [0.25, 0.3) is 5.91 Å². The van der Waals surface area contributed by atoms with E-state index in [9.17, 15) is 9.59 Å². The maximum absolute atomic E-state index is 13.6. The number of hydrogen-bond acceptors (Lipinski definition) is 4. The number of hydroxylamine groups is 1. The Kier molecular flexibility index (Phi) is 4.97. The summed E-state index contributed by atoms with van der Waals surface area (Å²) in [6, 6.07) is 21.7. The number of anilines is 2. The monoisotopic (exact) mass is 452 g/mol. The number of carbonyl (C=O) groups is 2. The molecule has 2 amide bonds. The van der Waals surface area contributed by atoms with Gasteiger partial charge in [-0.05, 0) is 36.8 Å². The van der Waals surface area contributed by atoms with E-state index in [2.05, 4.69) is 0 Å². The van der Waals surface area contributed by atoms with Gasteiger partial charge in [-0.25, -0.2) is 9.96 Å². The van der Waals surface area contributed by atoms with Gasteiger partial charge in [-0.15, -0.1) is 0 Å². The number of amides is 2. The molecule has 5 nitrogen and oxygen atoms in total. The van der Waals surface area contributed by atoms with Crippen molar-refractivity contribution in [1.29, 1.82) is 0 Å². The quantitative estimate of drug-likeness (QED) is 0.502. The number of rotatable bonds is 3. The largest absolute Gasteiger partial charge is 0.273 e. The molecule has 2 heterocycles. The van der Waals surface area contributed by atoms with Crippen molar-refractivity contribution in [3.8, 4) is 0 Å². The molecule has 0 aliphatic carbocycles. The summed E-state index contributed by atoms with van der Waals surface area (Å²) in [7, 11) is 0. The fourth-order valence-electron chi connectivity index (χ4n) is 4.24. The molecule has 2 aliphatic heterocycles. The van der Waals surface area contributed by atoms with Crippen LogP contribution in [0.3, 0.4) is 0 Å². The maximum atomic E-state index is 13.6. The van der Waals surface area contributed by atoms with Crippen LogP contribution in [0.4, 0.5) is 11.4 Å². The first-order valence-electron chi connectivity index (χ1n) is 9.87. The molecule has 3 atom stereocenters. The van der Waals surface area contributed by atoms with E-state index in [1.807, 2.05) is 61.5 Å². The van der Waals surface area contributed by atoms with Crippen molar-refractivity contribution in [2.45, 2.75) is 19.1 Å². The van der Waals surface area contributed by atoms with E-state index >= 15 is 0 Å². The summed E-state index contributed by atoms with van der Waals surface area (Å²) in [5, 5.41) is 2.14. The third-order valence-corrected chi connectivity index (χ3v) is 6.32. The minimum absolute atomic E-state index is 0.202. The highest BCUT2D eigenvalue weighted by Crippen LogP contribution is 2.49. The molecule has 0 unspecified atom stereocenters. The van der Waals surface area contributed by atoms with E-state index in [4.69, 9.17) is 28.0 Å². The molecular formula is C24H18Cl2N2O3. The van der Waals surface area contributed by atoms with Crippen LogP contribution >= 0.6 is 23.2 Å². The number of fused-ring (bicyclic) bond motifs is 1. The van der Waals surface area contributed by atoms with E-state index < -0.39 is 24.0 Å². The zero-order chi connectivity index (χ0) is 21.7. The van der Waals surface area contributed by atoms with Crippen molar-refractivity contribution >= 4 is 46.4 Å². The second-order valence-electron chi connectivity index (χ2n) is 7.65. The SMILES string of the molecule is Cc1ccc([C@@H]2[C@@H]3C(=O)N(c4c(Cl)cccc4Cl)C(=O)[C@H]3ON2c2ccccc2)cc1. The normalized spacial score (nSPS) is 22.9. The number of hydrogen-bond donors (Lipinski definition) is 0. The summed E-state index contributed by atoms with van der Waals surface area (Å²) in [5.41, 5.74) is 2.96. The minimum atomic E-state index is -0.966. The summed E-state index contributed by atoms with van der Waals surface area (Å²) in [5.74, 6) is -1.59. The Bertz CT molecular complexity index is 1150. The van der Waals surface area contributed by atoms with Crippen LogP contribution in [0, 0.1) is 12.8 Å². The highest BCUT2D eigenvalue weighted by Gasteiger charge is 2.60. The van der Waals surface area contributed by atoms with Gasteiger partial charge in [0, 0.05) is 0 Å². The van der Waals surface area contributed by atoms with Crippen LogP contribution in [-0.4, -0.2) is 17.9 Å². The van der Waals surface area contributed by atoms with Gasteiger partial charge in [-0.3, -0.25) is 14.4 Å². The van der Waals surface area contributed by atoms with Crippen LogP contribution in [0.25, 0.3) is 0 Å². The van der Waals surface area contributed by atoms with Crippen molar-refractivity contribution in [2.24, 2.45) is 5.92 Å². The number of halogens is 2. The number of para-hydroxylation sites is 2. The molecule has 156 valence electrons. The lowest BCUT2D eigenvalue weighted by Gasteiger charge is -2.29. The Hall–Kier alpha value is -2.86. The molecular weight excluding hydrogens is 435 g/mol. The Morgan fingerprint density at radius 3 is 2.10 bits per heavy atom. The summed E-state index contributed by atoms with van der Waals surface area (Å²) in [6.07, 6.45) is -0.966. The summed E-state index contributed by atoms with van der Waals surface area (Å²) in [4.78, 5) is 34.1. The van der Waals surface area contributed by atoms with Crippen LogP contribution in [0.5, 0.6) is 0 Å². The molecule has 2 fully saturated rings. The van der Waals surface area contributed by atoms with Crippen molar-refractivity contribution in [3.05, 3.63) is 94.0 Å². The Labute approximate surface area is 189 Å². The average molecular weight is 453 g/mol. The fourth-order valence-corrected chi connectivity index (χ4v) is 4.81. The van der Waals surface area contributed by atoms with Crippen molar-refractivity contribution in [1.82, 2.24) is 0 Å². The molecule has 0 radical (unpaired) electrons. The number of nitrogens with zero attached hydrogens (tertiary/aromatic N) is 2. The average Bonchev–Trinajstić information content (AvgIpc) is 3.27. The first kappa shape index (κ1) is 20.1. The van der Waals surface area contributed by atoms with Crippen molar-refractivity contribution in [3.63, 3.8) is 0 Å². The first-order chi connectivity index (χ1) is 15.0. The lowest BCUT2D eigenvalue weighted by Crippen LogP contribution is -2.37. The Morgan fingerprint density at radius 2 is 1.45 bits per heavy atom. The van der Waals surface area contributed by atoms with Crippen molar-refractivity contribution in [2.75, 3.05) is 9.96 Å². The number of benzene rings is 3. The van der Waals surface area contributed by atoms with E-state index in [-0.39, 0.29) is 21.6 Å². The standard InChI is InChI=1S/C24H18Cl2N2O3/c1-14-10-12-15(13-11-14)20-19-22(31-28(20)16-6-3-2-4-7-16)24(30)27(23(19)29)21-17(25)8-5-9-18(21)26/h2-13,19-20,22H,1H3/t19-,20+,22-/m0/s1. The zero-order valence-electron chi connectivity index (χ0n) is 16.5.